The zero-order valence-corrected chi connectivity index (χ0v) is 28.7. The van der Waals surface area contributed by atoms with E-state index in [-0.39, 0.29) is 29.9 Å². The van der Waals surface area contributed by atoms with Crippen LogP contribution in [0.2, 0.25) is 0 Å². The first kappa shape index (κ1) is 34.9. The molecule has 1 aromatic heterocycles. The molecule has 0 aliphatic rings. The van der Waals surface area contributed by atoms with Gasteiger partial charge in [-0.2, -0.15) is 0 Å². The monoisotopic (exact) mass is 656 g/mol. The third kappa shape index (κ3) is 9.77. The number of nitrogens with zero attached hydrogens (tertiary/aromatic N) is 1. The van der Waals surface area contributed by atoms with Crippen molar-refractivity contribution in [3.8, 4) is 11.3 Å². The number of rotatable bonds is 12. The van der Waals surface area contributed by atoms with Gasteiger partial charge < -0.3 is 14.7 Å². The van der Waals surface area contributed by atoms with Crippen LogP contribution in [0, 0.1) is 0 Å². The van der Waals surface area contributed by atoms with Gasteiger partial charge >= 0.3 is 0 Å². The summed E-state index contributed by atoms with van der Waals surface area (Å²) in [5.41, 5.74) is 7.37. The van der Waals surface area contributed by atoms with E-state index < -0.39 is 7.37 Å². The highest BCUT2D eigenvalue weighted by Crippen LogP contribution is 2.35. The fourth-order valence-electron chi connectivity index (χ4n) is 4.95. The molecule has 4 aromatic rings. The average Bonchev–Trinajstić information content (AvgIpc) is 3.52. The Hall–Kier alpha value is -3.96. The van der Waals surface area contributed by atoms with Gasteiger partial charge in [0.25, 0.3) is 5.91 Å². The summed E-state index contributed by atoms with van der Waals surface area (Å²) in [5.74, 6) is 0.280. The molecule has 0 aliphatic heterocycles. The molecule has 2 unspecified atom stereocenters. The molecule has 4 rings (SSSR count). The zero-order chi connectivity index (χ0) is 33.5. The van der Waals surface area contributed by atoms with Crippen molar-refractivity contribution >= 4 is 30.5 Å². The summed E-state index contributed by atoms with van der Waals surface area (Å²) in [6.07, 6.45) is 6.20. The molecule has 8 heteroatoms. The van der Waals surface area contributed by atoms with Crippen LogP contribution in [-0.2, 0) is 16.4 Å². The van der Waals surface area contributed by atoms with Gasteiger partial charge in [-0.05, 0) is 70.9 Å². The molecule has 3 aromatic carbocycles. The number of allylic oxidation sites excluding steroid dienone is 5. The highest BCUT2D eigenvalue weighted by atomic mass is 35.5. The number of carbonyl (C=O) groups excluding carboxylic acids is 1. The lowest BCUT2D eigenvalue weighted by Gasteiger charge is -2.21. The maximum atomic E-state index is 12.6. The van der Waals surface area contributed by atoms with E-state index in [0.29, 0.717) is 22.8 Å². The summed E-state index contributed by atoms with van der Waals surface area (Å²) in [6.45, 7) is 14.1. The third-order valence-electron chi connectivity index (χ3n) is 7.77. The van der Waals surface area contributed by atoms with E-state index in [9.17, 15) is 14.3 Å². The lowest BCUT2D eigenvalue weighted by Crippen LogP contribution is -2.26. The maximum Gasteiger partial charge on any atom is 0.251 e. The van der Waals surface area contributed by atoms with E-state index in [0.717, 1.165) is 33.5 Å². The van der Waals surface area contributed by atoms with E-state index in [2.05, 4.69) is 62.1 Å². The molecular weight excluding hydrogens is 615 g/mol. The zero-order valence-electron chi connectivity index (χ0n) is 27.1. The van der Waals surface area contributed by atoms with Crippen LogP contribution in [0.25, 0.3) is 16.9 Å². The molecule has 6 nitrogen and oxygen atoms in total. The fourth-order valence-corrected chi connectivity index (χ4v) is 5.54. The molecular formula is C38H42ClN2O4P. The molecule has 1 heterocycles. The Balaban J connectivity index is 1.60. The van der Waals surface area contributed by atoms with Crippen molar-refractivity contribution in [2.24, 2.45) is 0 Å². The SMILES string of the molecule is C=C(/C=C\C(Cl)=C/C)c1cccc(-c2cc(C(Cc3ccc(C(=O)NCCP(C)(=O)O)cc3)c3ccc(C(C)(C)C)cc3)no2)c1. The van der Waals surface area contributed by atoms with Crippen molar-refractivity contribution in [2.75, 3.05) is 19.4 Å². The minimum Gasteiger partial charge on any atom is -0.356 e. The van der Waals surface area contributed by atoms with Crippen molar-refractivity contribution in [3.05, 3.63) is 142 Å². The number of carbonyl (C=O) groups is 1. The molecule has 240 valence electrons. The number of amides is 1. The van der Waals surface area contributed by atoms with Gasteiger partial charge in [-0.1, -0.05) is 111 Å². The number of aromatic nitrogens is 1. The summed E-state index contributed by atoms with van der Waals surface area (Å²) in [5, 5.41) is 7.90. The van der Waals surface area contributed by atoms with Crippen molar-refractivity contribution < 1.29 is 18.8 Å². The molecule has 0 fully saturated rings. The minimum atomic E-state index is -3.18. The lowest BCUT2D eigenvalue weighted by atomic mass is 9.83. The van der Waals surface area contributed by atoms with Crippen molar-refractivity contribution in [1.29, 1.82) is 0 Å². The van der Waals surface area contributed by atoms with Crippen LogP contribution in [-0.4, -0.2) is 35.3 Å². The van der Waals surface area contributed by atoms with E-state index in [1.807, 2.05) is 67.6 Å². The molecule has 0 bridgehead atoms. The maximum absolute atomic E-state index is 12.6. The van der Waals surface area contributed by atoms with Gasteiger partial charge in [-0.15, -0.1) is 0 Å². The highest BCUT2D eigenvalue weighted by molar-refractivity contribution is 7.57. The second-order valence-corrected chi connectivity index (χ2v) is 15.6. The summed E-state index contributed by atoms with van der Waals surface area (Å²) in [7, 11) is -3.18. The molecule has 2 atom stereocenters. The molecule has 0 radical (unpaired) electrons. The smallest absolute Gasteiger partial charge is 0.251 e. The normalized spacial score (nSPS) is 14.2. The van der Waals surface area contributed by atoms with Gasteiger partial charge in [0, 0.05) is 47.5 Å². The lowest BCUT2D eigenvalue weighted by molar-refractivity contribution is 0.0956. The van der Waals surface area contributed by atoms with Crippen molar-refractivity contribution in [3.63, 3.8) is 0 Å². The van der Waals surface area contributed by atoms with E-state index in [1.165, 1.54) is 12.2 Å². The van der Waals surface area contributed by atoms with E-state index >= 15 is 0 Å². The summed E-state index contributed by atoms with van der Waals surface area (Å²) in [6, 6.07) is 26.0. The van der Waals surface area contributed by atoms with Crippen LogP contribution >= 0.6 is 19.0 Å². The van der Waals surface area contributed by atoms with Gasteiger partial charge in [0.05, 0.1) is 5.69 Å². The standard InChI is InChI=1S/C38H42ClN2O4P/c1-7-33(39)20-11-26(2)30-9-8-10-31(24-30)36-25-35(41-45-36)34(28-16-18-32(19-17-28)38(3,4)5)23-27-12-14-29(15-13-27)37(42)40-21-22-46(6,43)44/h7-20,24-25,34H,2,21-23H2,1,3-6H3,(H,40,42)(H,43,44)/b20-11-,33-7+. The van der Waals surface area contributed by atoms with Crippen LogP contribution in [0.5, 0.6) is 0 Å². The first-order chi connectivity index (χ1) is 21.7. The predicted molar refractivity (Wildman–Crippen MR) is 190 cm³/mol. The summed E-state index contributed by atoms with van der Waals surface area (Å²) in [4.78, 5) is 22.1. The molecule has 0 saturated heterocycles. The topological polar surface area (TPSA) is 92.4 Å². The Morgan fingerprint density at radius 3 is 2.37 bits per heavy atom. The summed E-state index contributed by atoms with van der Waals surface area (Å²) < 4.78 is 17.5. The Morgan fingerprint density at radius 2 is 1.74 bits per heavy atom. The number of benzene rings is 3. The van der Waals surface area contributed by atoms with Crippen LogP contribution in [0.15, 0.2) is 113 Å². The third-order valence-corrected chi connectivity index (χ3v) is 9.17. The Morgan fingerprint density at radius 1 is 1.04 bits per heavy atom. The average molecular weight is 657 g/mol. The molecule has 0 spiro atoms. The largest absolute Gasteiger partial charge is 0.356 e. The number of nitrogens with one attached hydrogen (secondary N) is 1. The van der Waals surface area contributed by atoms with Crippen LogP contribution in [0.4, 0.5) is 0 Å². The first-order valence-corrected chi connectivity index (χ1v) is 17.9. The van der Waals surface area contributed by atoms with E-state index in [4.69, 9.17) is 16.1 Å². The van der Waals surface area contributed by atoms with Gasteiger partial charge in [-0.3, -0.25) is 9.36 Å². The molecule has 0 saturated carbocycles. The quantitative estimate of drug-likeness (QED) is 0.117. The second kappa shape index (κ2) is 15.1. The number of hydrogen-bond donors (Lipinski definition) is 2. The van der Waals surface area contributed by atoms with Gasteiger partial charge in [-0.25, -0.2) is 0 Å². The van der Waals surface area contributed by atoms with Gasteiger partial charge in [0.2, 0.25) is 0 Å². The minimum absolute atomic E-state index is 0.0269. The van der Waals surface area contributed by atoms with Gasteiger partial charge in [0.1, 0.15) is 0 Å². The number of hydrogen-bond acceptors (Lipinski definition) is 4. The van der Waals surface area contributed by atoms with Crippen LogP contribution < -0.4 is 5.32 Å². The summed E-state index contributed by atoms with van der Waals surface area (Å²) >= 11 is 6.12. The Kier molecular flexibility index (Phi) is 11.4. The van der Waals surface area contributed by atoms with Crippen molar-refractivity contribution in [1.82, 2.24) is 10.5 Å². The molecule has 0 aliphatic carbocycles. The first-order valence-electron chi connectivity index (χ1n) is 15.3. The Bertz CT molecular complexity index is 1770. The fraction of sp³-hybridized carbons (Fsp3) is 0.263. The highest BCUT2D eigenvalue weighted by Gasteiger charge is 2.22. The Labute approximate surface area is 277 Å². The molecule has 1 amide bonds. The molecule has 2 N–H and O–H groups in total. The number of halogens is 1. The van der Waals surface area contributed by atoms with Gasteiger partial charge in [0.15, 0.2) is 13.1 Å². The van der Waals surface area contributed by atoms with Crippen molar-refractivity contribution in [2.45, 2.75) is 45.4 Å². The molecule has 46 heavy (non-hydrogen) atoms. The predicted octanol–water partition coefficient (Wildman–Crippen LogP) is 9.36. The van der Waals surface area contributed by atoms with E-state index in [1.54, 1.807) is 12.1 Å². The van der Waals surface area contributed by atoms with Crippen LogP contribution in [0.3, 0.4) is 0 Å². The van der Waals surface area contributed by atoms with Crippen LogP contribution in [0.1, 0.15) is 71.9 Å². The second-order valence-electron chi connectivity index (χ2n) is 12.6.